The Morgan fingerprint density at radius 3 is 2.36 bits per heavy atom. The Morgan fingerprint density at radius 1 is 1.11 bits per heavy atom. The maximum absolute atomic E-state index is 12.8. The number of carbonyl (C=O) groups excluding carboxylic acids is 1. The molecule has 0 aromatic heterocycles. The van der Waals surface area contributed by atoms with Gasteiger partial charge in [0.05, 0.1) is 10.6 Å². The van der Waals surface area contributed by atoms with E-state index in [0.29, 0.717) is 16.0 Å². The number of nitrogens with two attached hydrogens (primary N) is 1. The van der Waals surface area contributed by atoms with E-state index in [1.807, 2.05) is 6.07 Å². The second-order valence-corrected chi connectivity index (χ2v) is 10.5. The van der Waals surface area contributed by atoms with Crippen LogP contribution in [-0.2, 0) is 0 Å². The summed E-state index contributed by atoms with van der Waals surface area (Å²) in [4.78, 5) is 12.8. The fourth-order valence-corrected chi connectivity index (χ4v) is 7.15. The number of ether oxygens (including phenoxy) is 1. The second-order valence-electron chi connectivity index (χ2n) is 10.1. The molecule has 4 nitrogen and oxygen atoms in total. The number of amides is 1. The lowest BCUT2D eigenvalue weighted by atomic mass is 9.49. The smallest absolute Gasteiger partial charge is 0.252 e. The lowest BCUT2D eigenvalue weighted by Gasteiger charge is -2.56. The Morgan fingerprint density at radius 2 is 1.79 bits per heavy atom. The molecule has 1 amide bonds. The van der Waals surface area contributed by atoms with Gasteiger partial charge < -0.3 is 15.8 Å². The summed E-state index contributed by atoms with van der Waals surface area (Å²) in [7, 11) is 0. The number of rotatable bonds is 5. The van der Waals surface area contributed by atoms with Crippen LogP contribution in [0.15, 0.2) is 18.2 Å². The van der Waals surface area contributed by atoms with Gasteiger partial charge in [0.1, 0.15) is 11.9 Å². The zero-order chi connectivity index (χ0) is 19.3. The summed E-state index contributed by atoms with van der Waals surface area (Å²) in [5.74, 6) is 3.35. The summed E-state index contributed by atoms with van der Waals surface area (Å²) >= 11 is 6.43. The average Bonchev–Trinajstić information content (AvgIpc) is 3.03. The van der Waals surface area contributed by atoms with Crippen molar-refractivity contribution in [3.8, 4) is 5.75 Å². The molecule has 1 aromatic carbocycles. The number of nitrogens with one attached hydrogen (secondary N) is 1. The molecule has 28 heavy (non-hydrogen) atoms. The highest BCUT2D eigenvalue weighted by Crippen LogP contribution is 2.59. The van der Waals surface area contributed by atoms with E-state index in [1.54, 1.807) is 12.1 Å². The minimum atomic E-state index is -0.0600. The SMILES string of the molecule is NC1CCC(Oc2ccc(C(=O)NCC34CC5CC(CC(C5)C3)C4)c(Cl)c2)C1. The number of carbonyl (C=O) groups is 1. The molecule has 5 aliphatic carbocycles. The van der Waals surface area contributed by atoms with Crippen molar-refractivity contribution in [2.24, 2.45) is 28.9 Å². The van der Waals surface area contributed by atoms with Crippen LogP contribution in [-0.4, -0.2) is 24.6 Å². The van der Waals surface area contributed by atoms with Gasteiger partial charge in [0.2, 0.25) is 0 Å². The van der Waals surface area contributed by atoms with Gasteiger partial charge in [-0.15, -0.1) is 0 Å². The second kappa shape index (κ2) is 7.21. The zero-order valence-corrected chi connectivity index (χ0v) is 17.2. The van der Waals surface area contributed by atoms with Crippen molar-refractivity contribution in [2.75, 3.05) is 6.54 Å². The minimum absolute atomic E-state index is 0.0600. The standard InChI is InChI=1S/C23H31ClN2O2/c24-21-9-19(28-18-2-1-17(25)8-18)3-4-20(21)22(27)26-13-23-10-14-5-15(11-23)7-16(6-14)12-23/h3-4,9,14-18H,1-2,5-8,10-13,25H2,(H,26,27). The molecule has 3 N–H and O–H groups in total. The summed E-state index contributed by atoms with van der Waals surface area (Å²) < 4.78 is 5.99. The summed E-state index contributed by atoms with van der Waals surface area (Å²) in [5, 5.41) is 3.68. The van der Waals surface area contributed by atoms with Gasteiger partial charge in [-0.25, -0.2) is 0 Å². The van der Waals surface area contributed by atoms with Crippen molar-refractivity contribution >= 4 is 17.5 Å². The van der Waals surface area contributed by atoms with Crippen LogP contribution >= 0.6 is 11.6 Å². The average molecular weight is 403 g/mol. The molecule has 0 heterocycles. The first-order valence-corrected chi connectivity index (χ1v) is 11.4. The first kappa shape index (κ1) is 18.7. The van der Waals surface area contributed by atoms with Crippen LogP contribution in [0.2, 0.25) is 5.02 Å². The van der Waals surface area contributed by atoms with Crippen molar-refractivity contribution < 1.29 is 9.53 Å². The van der Waals surface area contributed by atoms with Gasteiger partial charge in [-0.3, -0.25) is 4.79 Å². The van der Waals surface area contributed by atoms with Gasteiger partial charge in [-0.05, 0) is 99.2 Å². The number of hydrogen-bond acceptors (Lipinski definition) is 3. The van der Waals surface area contributed by atoms with E-state index in [0.717, 1.165) is 49.3 Å². The normalized spacial score (nSPS) is 38.6. The van der Waals surface area contributed by atoms with Crippen molar-refractivity contribution in [3.05, 3.63) is 28.8 Å². The van der Waals surface area contributed by atoms with Crippen LogP contribution in [0.1, 0.15) is 68.1 Å². The predicted molar refractivity (Wildman–Crippen MR) is 111 cm³/mol. The van der Waals surface area contributed by atoms with E-state index in [-0.39, 0.29) is 18.1 Å². The summed E-state index contributed by atoms with van der Waals surface area (Å²) in [5.41, 5.74) is 6.83. The highest BCUT2D eigenvalue weighted by molar-refractivity contribution is 6.34. The molecule has 5 saturated carbocycles. The molecular formula is C23H31ClN2O2. The van der Waals surface area contributed by atoms with Crippen molar-refractivity contribution in [1.82, 2.24) is 5.32 Å². The molecule has 2 atom stereocenters. The van der Waals surface area contributed by atoms with E-state index in [1.165, 1.54) is 38.5 Å². The molecule has 4 bridgehead atoms. The van der Waals surface area contributed by atoms with Gasteiger partial charge >= 0.3 is 0 Å². The highest BCUT2D eigenvalue weighted by Gasteiger charge is 2.50. The lowest BCUT2D eigenvalue weighted by Crippen LogP contribution is -2.51. The monoisotopic (exact) mass is 402 g/mol. The van der Waals surface area contributed by atoms with Gasteiger partial charge in [0, 0.05) is 12.6 Å². The number of benzene rings is 1. The van der Waals surface area contributed by atoms with Crippen LogP contribution in [0.3, 0.4) is 0 Å². The molecular weight excluding hydrogens is 372 g/mol. The van der Waals surface area contributed by atoms with Crippen LogP contribution in [0.5, 0.6) is 5.75 Å². The molecule has 5 heteroatoms. The molecule has 0 radical (unpaired) electrons. The third-order valence-corrected chi connectivity index (χ3v) is 8.01. The molecule has 1 aromatic rings. The predicted octanol–water partition coefficient (Wildman–Crippen LogP) is 4.54. The Balaban J connectivity index is 1.21. The van der Waals surface area contributed by atoms with Crippen molar-refractivity contribution in [2.45, 2.75) is 69.9 Å². The van der Waals surface area contributed by atoms with Gasteiger partial charge in [0.15, 0.2) is 0 Å². The molecule has 5 fully saturated rings. The Bertz CT molecular complexity index is 730. The molecule has 2 unspecified atom stereocenters. The van der Waals surface area contributed by atoms with E-state index in [4.69, 9.17) is 22.1 Å². The first-order valence-electron chi connectivity index (χ1n) is 11.0. The van der Waals surface area contributed by atoms with E-state index < -0.39 is 0 Å². The maximum Gasteiger partial charge on any atom is 0.252 e. The van der Waals surface area contributed by atoms with Gasteiger partial charge in [0.25, 0.3) is 5.91 Å². The number of halogens is 1. The van der Waals surface area contributed by atoms with Crippen LogP contribution in [0, 0.1) is 23.2 Å². The fourth-order valence-electron chi connectivity index (χ4n) is 6.90. The third kappa shape index (κ3) is 3.66. The summed E-state index contributed by atoms with van der Waals surface area (Å²) in [6.07, 6.45) is 11.2. The van der Waals surface area contributed by atoms with Crippen LogP contribution < -0.4 is 15.8 Å². The first-order chi connectivity index (χ1) is 13.5. The van der Waals surface area contributed by atoms with Crippen molar-refractivity contribution in [3.63, 3.8) is 0 Å². The maximum atomic E-state index is 12.8. The fraction of sp³-hybridized carbons (Fsp3) is 0.696. The largest absolute Gasteiger partial charge is 0.490 e. The molecule has 152 valence electrons. The van der Waals surface area contributed by atoms with E-state index in [2.05, 4.69) is 5.32 Å². The van der Waals surface area contributed by atoms with E-state index in [9.17, 15) is 4.79 Å². The van der Waals surface area contributed by atoms with Crippen molar-refractivity contribution in [1.29, 1.82) is 0 Å². The summed E-state index contributed by atoms with van der Waals surface area (Å²) in [6.45, 7) is 0.796. The molecule has 5 aliphatic rings. The Hall–Kier alpha value is -1.26. The van der Waals surface area contributed by atoms with E-state index >= 15 is 0 Å². The zero-order valence-electron chi connectivity index (χ0n) is 16.5. The lowest BCUT2D eigenvalue weighted by molar-refractivity contribution is -0.0503. The molecule has 6 rings (SSSR count). The Labute approximate surface area is 172 Å². The van der Waals surface area contributed by atoms with Gasteiger partial charge in [-0.2, -0.15) is 0 Å². The van der Waals surface area contributed by atoms with Crippen LogP contribution in [0.25, 0.3) is 0 Å². The summed E-state index contributed by atoms with van der Waals surface area (Å²) in [6, 6.07) is 5.65. The quantitative estimate of drug-likeness (QED) is 0.759. The Kier molecular flexibility index (Phi) is 4.83. The van der Waals surface area contributed by atoms with Gasteiger partial charge in [-0.1, -0.05) is 11.6 Å². The molecule has 0 aliphatic heterocycles. The molecule has 0 spiro atoms. The van der Waals surface area contributed by atoms with Crippen LogP contribution in [0.4, 0.5) is 0 Å². The third-order valence-electron chi connectivity index (χ3n) is 7.70. The minimum Gasteiger partial charge on any atom is -0.490 e. The highest BCUT2D eigenvalue weighted by atomic mass is 35.5. The number of hydrogen-bond donors (Lipinski definition) is 2. The molecule has 0 saturated heterocycles. The topological polar surface area (TPSA) is 64.3 Å².